The van der Waals surface area contributed by atoms with Crippen molar-refractivity contribution in [2.75, 3.05) is 131 Å². The van der Waals surface area contributed by atoms with E-state index >= 15 is 0 Å². The molecule has 42 heteroatoms. The van der Waals surface area contributed by atoms with Crippen LogP contribution in [0.5, 0.6) is 0 Å². The van der Waals surface area contributed by atoms with Gasteiger partial charge in [-0.15, -0.1) is 101 Å². The van der Waals surface area contributed by atoms with Crippen LogP contribution in [0, 0.1) is 0 Å². The number of fused-ring (bicyclic) bond motifs is 3. The van der Waals surface area contributed by atoms with Crippen LogP contribution in [-0.4, -0.2) is 239 Å². The first-order valence-corrected chi connectivity index (χ1v) is 51.5. The van der Waals surface area contributed by atoms with E-state index in [1.807, 2.05) is 77.7 Å². The average Bonchev–Trinajstić information content (AvgIpc) is 1.69. The summed E-state index contributed by atoms with van der Waals surface area (Å²) in [6.07, 6.45) is 7.10. The van der Waals surface area contributed by atoms with Gasteiger partial charge in [0.25, 0.3) is 6.47 Å². The van der Waals surface area contributed by atoms with E-state index in [2.05, 4.69) is 114 Å². The predicted molar refractivity (Wildman–Crippen MR) is 498 cm³/mol. The second-order valence-electron chi connectivity index (χ2n) is 24.9. The Balaban J connectivity index is -0.000000316. The van der Waals surface area contributed by atoms with Crippen LogP contribution in [0.3, 0.4) is 0 Å². The fraction of sp³-hybridized carbons (Fsp3) is 0.512. The number of nitrogens with zero attached hydrogens (tertiary/aromatic N) is 4. The van der Waals surface area contributed by atoms with Gasteiger partial charge in [-0.2, -0.15) is 0 Å². The predicted octanol–water partition coefficient (Wildman–Crippen LogP) is 9.48. The quantitative estimate of drug-likeness (QED) is 0.00335. The number of aliphatic carboxylic acids is 1. The number of ether oxygens (including phenoxy) is 7. The number of hydrogen-bond donors (Lipinski definition) is 4. The third-order valence-electron chi connectivity index (χ3n) is 14.6. The molecule has 0 bridgehead atoms. The fourth-order valence-corrected chi connectivity index (χ4v) is 15.2. The van der Waals surface area contributed by atoms with Crippen LogP contribution < -0.4 is 80.7 Å². The second-order valence-corrected chi connectivity index (χ2v) is 46.2. The minimum Gasteiger partial charge on any atom is -0.870 e. The van der Waals surface area contributed by atoms with Gasteiger partial charge in [0.1, 0.15) is 18.7 Å². The van der Waals surface area contributed by atoms with Crippen molar-refractivity contribution in [2.24, 2.45) is 5.73 Å². The third-order valence-corrected chi connectivity index (χ3v) is 21.5. The fourth-order valence-electron chi connectivity index (χ4n) is 9.50. The molecule has 3 aliphatic rings. The summed E-state index contributed by atoms with van der Waals surface area (Å²) in [5.74, 6) is -2.06. The Hall–Kier alpha value is -5.62. The summed E-state index contributed by atoms with van der Waals surface area (Å²) in [5, 5.41) is 37.9. The molecule has 0 atom stereocenters. The number of nitrogens with two attached hydrogens (primary N) is 1. The van der Waals surface area contributed by atoms with E-state index in [4.69, 9.17) is 65.7 Å². The van der Waals surface area contributed by atoms with Crippen LogP contribution in [0.1, 0.15) is 126 Å². The van der Waals surface area contributed by atoms with Gasteiger partial charge in [-0.3, -0.25) is 43.4 Å². The first kappa shape index (κ1) is 129. The molecule has 0 saturated heterocycles. The van der Waals surface area contributed by atoms with E-state index in [0.717, 1.165) is 91.6 Å². The Morgan fingerprint density at radius 1 is 0.556 bits per heavy atom. The summed E-state index contributed by atoms with van der Waals surface area (Å²) in [7, 11) is 0. The molecule has 124 heavy (non-hydrogen) atoms. The van der Waals surface area contributed by atoms with Crippen LogP contribution in [0.2, 0.25) is 19.6 Å². The van der Waals surface area contributed by atoms with Gasteiger partial charge in [0.05, 0.1) is 59.3 Å². The number of esters is 2. The first-order valence-electron chi connectivity index (χ1n) is 38.3. The molecule has 10 heterocycles. The normalized spacial score (nSPS) is 11.3. The van der Waals surface area contributed by atoms with Crippen molar-refractivity contribution in [1.82, 2.24) is 30.2 Å². The number of aldehydes is 1. The molecule has 4 amide bonds. The molecule has 30 nitrogen and oxygen atoms in total. The standard InChI is InChI=1S/C13H19NO4S.C11H15NO4S.C11H13NO3S.C11H15NO2S.C10H15NO2S.C8H11NS.C6H9NS.C3H5ClO2.C3H9ISi.C3H4O2.CH2O3.2CH4.2Na.H2O/c1-3-17-12(15)10-14(13(16)18-4-2)8-7-11-6-5-9-19-11;1-2-16-11(15)12(8-10(13)14)6-5-9-4-3-7-17-9;1-2-15-11(14)12-5-3-10-8(4-6-16-10)9(13)7-12;1-2-14-11(13)12-6-3-9-5-8-15-10(9)4-7-12;1-2-13-10(12)8-11-6-5-9-4-3-7-14-9;1-4-9-5-2-8-7(1)3-6-10-8;7-4-3-6-2-1-5-8-6;1-2-6-3(4)5;1-5(2,3)4;1-3(5)2-4;2-1-4-3;;;;;/h5-6,9H,3-4,7-8,10H2,1-2H3;3-4,7H,2,5-6,8H2,1H3,(H,13,14);4,6H,2-3,5,7H2,1H3;5,8H,2-4,6-7H2,1H3;3-4,7,11H,2,5-6,8H2,1H3;3,6,9H,1-2,4-5H2;1-2,5H,3-4,7H2;2H2,1H3;1-3H3;2H,1H3;1,3H;2*1H4;;;1H2/q;;;;;;;;;;;;;2*+1;/p-2. The zero-order valence-electron chi connectivity index (χ0n) is 72.0. The number of carboxylic acids is 1. The number of Topliss-reactive ketones (excluding diaryl/α,β-unsaturated/α-hetero) is 2. The molecule has 0 aliphatic carbocycles. The van der Waals surface area contributed by atoms with Crippen LogP contribution in [0.25, 0.3) is 0 Å². The number of carbonyl (C=O) groups excluding carboxylic acids is 11. The number of rotatable bonds is 26. The van der Waals surface area contributed by atoms with Crippen LogP contribution in [0.4, 0.5) is 24.0 Å². The van der Waals surface area contributed by atoms with Crippen molar-refractivity contribution < 1.29 is 171 Å². The van der Waals surface area contributed by atoms with Gasteiger partial charge in [0, 0.05) is 104 Å². The molecule has 0 fully saturated rings. The zero-order valence-corrected chi connectivity index (χ0v) is 85.6. The Bertz CT molecular complexity index is 3830. The van der Waals surface area contributed by atoms with Crippen molar-refractivity contribution in [3.63, 3.8) is 0 Å². The van der Waals surface area contributed by atoms with Gasteiger partial charge in [0.2, 0.25) is 0 Å². The summed E-state index contributed by atoms with van der Waals surface area (Å²) in [6.45, 7) is 29.5. The van der Waals surface area contributed by atoms with Crippen LogP contribution >= 0.6 is 113 Å². The number of halogens is 2. The van der Waals surface area contributed by atoms with E-state index in [9.17, 15) is 47.9 Å². The summed E-state index contributed by atoms with van der Waals surface area (Å²) < 4.78 is 33.4. The Morgan fingerprint density at radius 3 is 1.36 bits per heavy atom. The maximum Gasteiger partial charge on any atom is 1.00 e. The number of hydrogen-bond acceptors (Lipinski definition) is 32. The number of carbonyl (C=O) groups is 12. The molecule has 6 N–H and O–H groups in total. The van der Waals surface area contributed by atoms with Gasteiger partial charge in [-0.1, -0.05) is 58.8 Å². The minimum atomic E-state index is -1.04. The molecule has 7 aromatic heterocycles. The smallest absolute Gasteiger partial charge is 0.870 e. The summed E-state index contributed by atoms with van der Waals surface area (Å²) in [6, 6.07) is 22.4. The number of carboxylic acid groups (broad SMARTS) is 1. The molecule has 0 aromatic carbocycles. The van der Waals surface area contributed by atoms with Crippen LogP contribution in [-0.2, 0) is 125 Å². The van der Waals surface area contributed by atoms with Gasteiger partial charge in [-0.05, 0) is 211 Å². The average molecular weight is 2040 g/mol. The first-order chi connectivity index (χ1) is 57.0. The topological polar surface area (TPSA) is 415 Å². The number of amides is 4. The molecule has 0 saturated carbocycles. The van der Waals surface area contributed by atoms with Crippen LogP contribution in [0.15, 0.2) is 104 Å². The van der Waals surface area contributed by atoms with E-state index < -0.39 is 47.0 Å². The van der Waals surface area contributed by atoms with E-state index in [1.54, 1.807) is 118 Å². The van der Waals surface area contributed by atoms with Crippen molar-refractivity contribution >= 4 is 190 Å². The molecule has 10 rings (SSSR count). The largest absolute Gasteiger partial charge is 1.00 e. The molecule has 0 unspecified atom stereocenters. The van der Waals surface area contributed by atoms with Gasteiger partial charge in [0.15, 0.2) is 17.9 Å². The van der Waals surface area contributed by atoms with Crippen molar-refractivity contribution in [1.29, 1.82) is 0 Å². The minimum absolute atomic E-state index is 0. The van der Waals surface area contributed by atoms with E-state index in [-0.39, 0.29) is 143 Å². The number of ketones is 2. The maximum atomic E-state index is 11.8. The monoisotopic (exact) mass is 2040 g/mol. The zero-order chi connectivity index (χ0) is 89.0. The molecule has 0 radical (unpaired) electrons. The Kier molecular flexibility index (Phi) is 86.5. The molecule has 3 aliphatic heterocycles. The molecule has 7 aromatic rings. The number of nitrogens with one attached hydrogen (secondary N) is 2. The van der Waals surface area contributed by atoms with Gasteiger partial charge < -0.3 is 80.1 Å². The Morgan fingerprint density at radius 2 is 0.944 bits per heavy atom. The van der Waals surface area contributed by atoms with Gasteiger partial charge in [-0.25, -0.2) is 24.0 Å². The maximum absolute atomic E-state index is 11.8. The van der Waals surface area contributed by atoms with E-state index in [0.29, 0.717) is 72.1 Å². The third kappa shape index (κ3) is 67.6. The summed E-state index contributed by atoms with van der Waals surface area (Å²) >= 11 is 19.2. The SMILES string of the molecule is C.C.CC(=O)C=O.CCOC(=O)CN(CCc1cccs1)C(=O)OCC.CCOC(=O)CNCCc1cccs1.CCOC(=O)Cl.CCOC(=O)N(CCc1cccs1)CC(=O)O.CCOC(=O)N1CCc2ccsc2CC1.CCOC(=O)N1CCc2sccc2C(=O)C1.C[Si](C)(C)I.NCCc1cccs1.O=CO[O-].[Na+].[Na+].[OH-].c1cc2c(s1)CCNCC2. The van der Waals surface area contributed by atoms with Crippen molar-refractivity contribution in [3.8, 4) is 0 Å². The molecular weight excluding hydrogens is 1910 g/mol. The Labute approximate surface area is 822 Å². The summed E-state index contributed by atoms with van der Waals surface area (Å²) in [4.78, 5) is 145. The van der Waals surface area contributed by atoms with Gasteiger partial charge >= 0.3 is 107 Å². The number of thiophene rings is 7. The van der Waals surface area contributed by atoms with Crippen molar-refractivity contribution in [2.45, 2.75) is 148 Å². The second kappa shape index (κ2) is 83.0. The summed E-state index contributed by atoms with van der Waals surface area (Å²) in [5.41, 5.74) is 7.67. The molecular formula is C82H125ClIN7Na2O23S7Si. The van der Waals surface area contributed by atoms with Crippen molar-refractivity contribution in [3.05, 3.63) is 155 Å². The molecule has 0 spiro atoms. The molecule has 688 valence electrons. The van der Waals surface area contributed by atoms with E-state index in [1.165, 1.54) is 54.7 Å².